The molecule has 0 aliphatic carbocycles. The van der Waals surface area contributed by atoms with Crippen LogP contribution < -0.4 is 0 Å². The van der Waals surface area contributed by atoms with E-state index in [9.17, 15) is 0 Å². The van der Waals surface area contributed by atoms with Crippen LogP contribution in [0.5, 0.6) is 0 Å². The molecule has 6 aromatic heterocycles. The van der Waals surface area contributed by atoms with Crippen LogP contribution in [-0.4, -0.2) is 8.80 Å². The van der Waals surface area contributed by atoms with E-state index in [0.29, 0.717) is 0 Å². The van der Waals surface area contributed by atoms with Crippen LogP contribution in [0.3, 0.4) is 0 Å². The second-order valence-corrected chi connectivity index (χ2v) is 10.2. The van der Waals surface area contributed by atoms with Crippen LogP contribution in [-0.2, 0) is 0 Å². The lowest BCUT2D eigenvalue weighted by Crippen LogP contribution is -1.89. The molecule has 0 aliphatic heterocycles. The second kappa shape index (κ2) is 7.24. The first kappa shape index (κ1) is 20.0. The number of benzene rings is 6. The van der Waals surface area contributed by atoms with Gasteiger partial charge in [-0.3, -0.25) is 0 Å². The summed E-state index contributed by atoms with van der Waals surface area (Å²) in [7, 11) is 0. The highest BCUT2D eigenvalue weighted by molar-refractivity contribution is 6.23. The molecule has 2 nitrogen and oxygen atoms in total. The largest absolute Gasteiger partial charge is 0.307 e. The lowest BCUT2D eigenvalue weighted by Gasteiger charge is -2.05. The van der Waals surface area contributed by atoms with Crippen molar-refractivity contribution in [2.75, 3.05) is 0 Å². The number of hydrogen-bond donors (Lipinski definition) is 0. The highest BCUT2D eigenvalue weighted by Crippen LogP contribution is 2.39. The van der Waals surface area contributed by atoms with E-state index in [4.69, 9.17) is 0 Å². The zero-order chi connectivity index (χ0) is 24.8. The number of nitrogens with zero attached hydrogens (tertiary/aromatic N) is 2. The zero-order valence-corrected chi connectivity index (χ0v) is 20.6. The third-order valence-corrected chi connectivity index (χ3v) is 8.25. The van der Waals surface area contributed by atoms with Gasteiger partial charge in [-0.2, -0.15) is 0 Å². The Balaban J connectivity index is 1.70. The molecule has 176 valence electrons. The predicted molar refractivity (Wildman–Crippen MR) is 162 cm³/mol. The number of rotatable bonds is 0. The number of para-hydroxylation sites is 2. The summed E-state index contributed by atoms with van der Waals surface area (Å²) >= 11 is 0. The summed E-state index contributed by atoms with van der Waals surface area (Å²) < 4.78 is 4.91. The maximum atomic E-state index is 2.45. The quantitative estimate of drug-likeness (QED) is 0.203. The van der Waals surface area contributed by atoms with E-state index < -0.39 is 0 Å². The Morgan fingerprint density at radius 1 is 0.316 bits per heavy atom. The molecule has 38 heavy (non-hydrogen) atoms. The van der Waals surface area contributed by atoms with Crippen LogP contribution in [0.2, 0.25) is 0 Å². The minimum atomic E-state index is 1.17. The number of hydrogen-bond acceptors (Lipinski definition) is 0. The molecule has 12 aromatic rings. The average molecular weight is 483 g/mol. The van der Waals surface area contributed by atoms with E-state index in [1.807, 2.05) is 0 Å². The van der Waals surface area contributed by atoms with Gasteiger partial charge in [-0.15, -0.1) is 0 Å². The van der Waals surface area contributed by atoms with E-state index in [0.717, 1.165) is 0 Å². The van der Waals surface area contributed by atoms with Crippen molar-refractivity contribution in [3.63, 3.8) is 0 Å². The number of aromatic nitrogens is 2. The highest BCUT2D eigenvalue weighted by Gasteiger charge is 2.17. The average Bonchev–Trinajstić information content (AvgIpc) is 3.50. The van der Waals surface area contributed by atoms with Crippen LogP contribution in [0.15, 0.2) is 133 Å². The van der Waals surface area contributed by atoms with E-state index in [2.05, 4.69) is 142 Å². The van der Waals surface area contributed by atoms with Crippen molar-refractivity contribution in [2.45, 2.75) is 0 Å². The Kier molecular flexibility index (Phi) is 3.82. The maximum absolute atomic E-state index is 2.45. The molecule has 0 spiro atoms. The molecule has 12 rings (SSSR count). The summed E-state index contributed by atoms with van der Waals surface area (Å²) in [5, 5.41) is 10.0. The molecular formula is C36H22N2. The SMILES string of the molecule is c1cc2cc(c1)c1ccc(cc1)n1c3ccccc3c3ccc4c5ccccc5n(c5ccc2cc5)c4c31. The summed E-state index contributed by atoms with van der Waals surface area (Å²) in [6, 6.07) is 49.1. The fourth-order valence-electron chi connectivity index (χ4n) is 6.52. The summed E-state index contributed by atoms with van der Waals surface area (Å²) in [5.41, 5.74) is 7.27. The first-order valence-corrected chi connectivity index (χ1v) is 13.1. The van der Waals surface area contributed by atoms with Crippen LogP contribution in [0, 0.1) is 0 Å². The first-order valence-electron chi connectivity index (χ1n) is 13.1. The molecule has 0 amide bonds. The number of fused-ring (bicyclic) bond motifs is 4. The van der Waals surface area contributed by atoms with Crippen molar-refractivity contribution in [1.82, 2.24) is 8.80 Å². The Labute approximate surface area is 218 Å². The summed E-state index contributed by atoms with van der Waals surface area (Å²) in [4.78, 5) is 0. The standard InChI is InChI=1S/C36H22N2/c1-3-10-33-29(8-1)31-20-21-32-30-9-2-4-11-34(30)38-28-18-14-24(15-19-28)26-7-5-6-25(22-26)23-12-16-27(17-13-23)37(33)35(31)36(32)38/h1-22H. The monoisotopic (exact) mass is 482 g/mol. The van der Waals surface area contributed by atoms with Gasteiger partial charge in [0.05, 0.1) is 22.1 Å². The molecule has 0 saturated heterocycles. The highest BCUT2D eigenvalue weighted by atomic mass is 15.0. The predicted octanol–water partition coefficient (Wildman–Crippen LogP) is 9.67. The van der Waals surface area contributed by atoms with Gasteiger partial charge in [0.2, 0.25) is 0 Å². The first-order chi connectivity index (χ1) is 18.8. The van der Waals surface area contributed by atoms with Crippen molar-refractivity contribution in [2.24, 2.45) is 0 Å². The summed E-state index contributed by atoms with van der Waals surface area (Å²) in [6.07, 6.45) is 0. The molecule has 2 heteroatoms. The smallest absolute Gasteiger partial charge is 0.0788 e. The third-order valence-electron chi connectivity index (χ3n) is 8.25. The lowest BCUT2D eigenvalue weighted by molar-refractivity contribution is 1.30. The van der Waals surface area contributed by atoms with Gasteiger partial charge in [-0.05, 0) is 64.0 Å². The van der Waals surface area contributed by atoms with Crippen molar-refractivity contribution in [1.29, 1.82) is 0 Å². The molecule has 0 fully saturated rings. The van der Waals surface area contributed by atoms with Gasteiger partial charge in [0.15, 0.2) is 0 Å². The lowest BCUT2D eigenvalue weighted by atomic mass is 10.1. The van der Waals surface area contributed by atoms with E-state index >= 15 is 0 Å². The van der Waals surface area contributed by atoms with Crippen LogP contribution in [0.1, 0.15) is 0 Å². The van der Waals surface area contributed by atoms with Crippen LogP contribution in [0.25, 0.3) is 76.2 Å². The Bertz CT molecular complexity index is 2240. The van der Waals surface area contributed by atoms with Gasteiger partial charge >= 0.3 is 0 Å². The van der Waals surface area contributed by atoms with Gasteiger partial charge in [0.1, 0.15) is 0 Å². The van der Waals surface area contributed by atoms with Crippen molar-refractivity contribution in [3.05, 3.63) is 133 Å². The van der Waals surface area contributed by atoms with Crippen LogP contribution in [0.4, 0.5) is 0 Å². The molecular weight excluding hydrogens is 460 g/mol. The van der Waals surface area contributed by atoms with Gasteiger partial charge < -0.3 is 8.80 Å². The molecule has 0 radical (unpaired) electrons. The molecule has 0 N–H and O–H groups in total. The summed E-state index contributed by atoms with van der Waals surface area (Å²) in [6.45, 7) is 0. The molecule has 0 saturated carbocycles. The maximum Gasteiger partial charge on any atom is 0.0788 e. The van der Waals surface area contributed by atoms with Crippen molar-refractivity contribution < 1.29 is 0 Å². The van der Waals surface area contributed by atoms with Crippen molar-refractivity contribution >= 4 is 76.2 Å². The van der Waals surface area contributed by atoms with Crippen molar-refractivity contribution in [3.8, 4) is 0 Å². The normalized spacial score (nSPS) is 12.2. The summed E-state index contributed by atoms with van der Waals surface area (Å²) in [5.74, 6) is 0. The Hall–Kier alpha value is -5.08. The molecule has 6 bridgehead atoms. The second-order valence-electron chi connectivity index (χ2n) is 10.2. The van der Waals surface area contributed by atoms with Gasteiger partial charge in [0.25, 0.3) is 0 Å². The zero-order valence-electron chi connectivity index (χ0n) is 20.6. The molecule has 0 atom stereocenters. The topological polar surface area (TPSA) is 8.82 Å². The van der Waals surface area contributed by atoms with Gasteiger partial charge in [-0.1, -0.05) is 91.0 Å². The van der Waals surface area contributed by atoms with Gasteiger partial charge in [-0.25, -0.2) is 0 Å². The minimum absolute atomic E-state index is 1.17. The van der Waals surface area contributed by atoms with E-state index in [1.54, 1.807) is 0 Å². The minimum Gasteiger partial charge on any atom is -0.307 e. The molecule has 0 unspecified atom stereocenters. The fourth-order valence-corrected chi connectivity index (χ4v) is 6.52. The Morgan fingerprint density at radius 2 is 0.763 bits per heavy atom. The van der Waals surface area contributed by atoms with Gasteiger partial charge in [0, 0.05) is 32.6 Å². The molecule has 6 aromatic carbocycles. The third kappa shape index (κ3) is 2.56. The molecule has 6 heterocycles. The van der Waals surface area contributed by atoms with Crippen LogP contribution >= 0.6 is 0 Å². The fraction of sp³-hybridized carbons (Fsp3) is 0. The van der Waals surface area contributed by atoms with E-state index in [1.165, 1.54) is 76.2 Å². The van der Waals surface area contributed by atoms with E-state index in [-0.39, 0.29) is 0 Å². The molecule has 0 aliphatic rings. The Morgan fingerprint density at radius 3 is 1.24 bits per heavy atom.